The van der Waals surface area contributed by atoms with Crippen molar-refractivity contribution in [2.45, 2.75) is 45.2 Å². The van der Waals surface area contributed by atoms with E-state index >= 15 is 0 Å². The Labute approximate surface area is 234 Å². The van der Waals surface area contributed by atoms with Crippen molar-refractivity contribution in [1.82, 2.24) is 14.8 Å². The van der Waals surface area contributed by atoms with Crippen molar-refractivity contribution >= 4 is 22.7 Å². The minimum atomic E-state index is -1.14. The van der Waals surface area contributed by atoms with Gasteiger partial charge in [-0.1, -0.05) is 61.5 Å². The molecule has 7 nitrogen and oxygen atoms in total. The van der Waals surface area contributed by atoms with Crippen LogP contribution in [0.2, 0.25) is 0 Å². The first-order valence-corrected chi connectivity index (χ1v) is 14.1. The van der Waals surface area contributed by atoms with Gasteiger partial charge in [0.15, 0.2) is 17.0 Å². The lowest BCUT2D eigenvalue weighted by atomic mass is 9.76. The van der Waals surface area contributed by atoms with Crippen LogP contribution in [-0.2, 0) is 21.7 Å². The fourth-order valence-electron chi connectivity index (χ4n) is 6.25. The lowest BCUT2D eigenvalue weighted by Gasteiger charge is -2.51. The van der Waals surface area contributed by atoms with E-state index in [1.807, 2.05) is 74.5 Å². The van der Waals surface area contributed by atoms with Crippen molar-refractivity contribution in [3.05, 3.63) is 95.2 Å². The van der Waals surface area contributed by atoms with Gasteiger partial charge in [-0.15, -0.1) is 0 Å². The van der Waals surface area contributed by atoms with Crippen molar-refractivity contribution in [3.63, 3.8) is 0 Å². The number of ether oxygens (including phenoxy) is 2. The molecule has 0 saturated carbocycles. The number of rotatable bonds is 8. The average Bonchev–Trinajstić information content (AvgIpc) is 3.37. The maximum atomic E-state index is 14.3. The molecule has 6 rings (SSSR count). The summed E-state index contributed by atoms with van der Waals surface area (Å²) < 4.78 is 11.9. The van der Waals surface area contributed by atoms with Gasteiger partial charge in [0.1, 0.15) is 6.54 Å². The minimum Gasteiger partial charge on any atom is -0.490 e. The second-order valence-corrected chi connectivity index (χ2v) is 10.7. The van der Waals surface area contributed by atoms with Gasteiger partial charge in [-0.25, -0.2) is 0 Å². The Morgan fingerprint density at radius 3 is 2.50 bits per heavy atom. The number of benzene rings is 3. The predicted molar refractivity (Wildman–Crippen MR) is 154 cm³/mol. The maximum Gasteiger partial charge on any atom is 0.255 e. The molecule has 0 aliphatic carbocycles. The average molecular weight is 538 g/mol. The van der Waals surface area contributed by atoms with Crippen LogP contribution in [0.5, 0.6) is 11.5 Å². The Morgan fingerprint density at radius 2 is 1.73 bits per heavy atom. The van der Waals surface area contributed by atoms with Crippen LogP contribution in [-0.4, -0.2) is 52.9 Å². The number of nitrogens with zero attached hydrogens (tertiary/aromatic N) is 2. The first-order valence-electron chi connectivity index (χ1n) is 14.1. The van der Waals surface area contributed by atoms with Crippen LogP contribution < -0.4 is 9.47 Å². The lowest BCUT2D eigenvalue weighted by molar-refractivity contribution is -0.166. The Kier molecular flexibility index (Phi) is 6.74. The molecule has 2 aliphatic heterocycles. The summed E-state index contributed by atoms with van der Waals surface area (Å²) in [6, 6.07) is 24.0. The summed E-state index contributed by atoms with van der Waals surface area (Å²) >= 11 is 0. The number of amides is 2. The molecule has 206 valence electrons. The Bertz CT molecular complexity index is 1560. The van der Waals surface area contributed by atoms with Gasteiger partial charge in [0.05, 0.1) is 18.9 Å². The molecule has 0 bridgehead atoms. The highest BCUT2D eigenvalue weighted by atomic mass is 16.5. The molecule has 4 aromatic rings. The minimum absolute atomic E-state index is 0.0551. The van der Waals surface area contributed by atoms with E-state index < -0.39 is 5.54 Å². The molecule has 3 heterocycles. The van der Waals surface area contributed by atoms with Crippen LogP contribution in [0.3, 0.4) is 0 Å². The largest absolute Gasteiger partial charge is 0.490 e. The number of hydrogen-bond acceptors (Lipinski definition) is 4. The van der Waals surface area contributed by atoms with E-state index in [0.717, 1.165) is 39.7 Å². The van der Waals surface area contributed by atoms with E-state index in [2.05, 4.69) is 24.0 Å². The fourth-order valence-corrected chi connectivity index (χ4v) is 6.25. The van der Waals surface area contributed by atoms with Crippen molar-refractivity contribution in [2.75, 3.05) is 26.3 Å². The molecule has 0 radical (unpaired) electrons. The molecule has 1 saturated heterocycles. The lowest BCUT2D eigenvalue weighted by Crippen LogP contribution is -2.67. The van der Waals surface area contributed by atoms with Gasteiger partial charge in [0.25, 0.3) is 5.91 Å². The predicted octanol–water partition coefficient (Wildman–Crippen LogP) is 5.59. The van der Waals surface area contributed by atoms with E-state index in [-0.39, 0.29) is 24.3 Å². The zero-order valence-electron chi connectivity index (χ0n) is 23.3. The molecule has 3 aromatic carbocycles. The topological polar surface area (TPSA) is 74.9 Å². The molecule has 0 spiro atoms. The quantitative estimate of drug-likeness (QED) is 0.318. The summed E-state index contributed by atoms with van der Waals surface area (Å²) in [7, 11) is 0. The summed E-state index contributed by atoms with van der Waals surface area (Å²) in [6.07, 6.45) is 0.902. The molecular weight excluding hydrogens is 502 g/mol. The second-order valence-electron chi connectivity index (χ2n) is 10.7. The van der Waals surface area contributed by atoms with Crippen LogP contribution >= 0.6 is 0 Å². The Balaban J connectivity index is 1.47. The van der Waals surface area contributed by atoms with E-state index in [1.54, 1.807) is 9.80 Å². The van der Waals surface area contributed by atoms with Gasteiger partial charge in [-0.3, -0.25) is 9.59 Å². The molecule has 7 heteroatoms. The summed E-state index contributed by atoms with van der Waals surface area (Å²) in [5.41, 5.74) is 3.68. The first kappa shape index (κ1) is 26.0. The number of aromatic nitrogens is 1. The maximum absolute atomic E-state index is 14.3. The molecule has 2 amide bonds. The molecule has 2 aliphatic rings. The van der Waals surface area contributed by atoms with Crippen molar-refractivity contribution < 1.29 is 19.1 Å². The van der Waals surface area contributed by atoms with Crippen molar-refractivity contribution in [3.8, 4) is 11.5 Å². The third-order valence-corrected chi connectivity index (χ3v) is 8.17. The Morgan fingerprint density at radius 1 is 0.950 bits per heavy atom. The molecule has 1 N–H and O–H groups in total. The van der Waals surface area contributed by atoms with Gasteiger partial charge < -0.3 is 24.3 Å². The second kappa shape index (κ2) is 10.4. The third-order valence-electron chi connectivity index (χ3n) is 8.17. The van der Waals surface area contributed by atoms with Gasteiger partial charge in [-0.05, 0) is 55.2 Å². The monoisotopic (exact) mass is 537 g/mol. The highest BCUT2D eigenvalue weighted by Crippen LogP contribution is 2.49. The van der Waals surface area contributed by atoms with E-state index in [9.17, 15) is 9.59 Å². The van der Waals surface area contributed by atoms with Crippen LogP contribution in [0.1, 0.15) is 55.5 Å². The first-order chi connectivity index (χ1) is 19.5. The van der Waals surface area contributed by atoms with Crippen LogP contribution in [0.25, 0.3) is 10.9 Å². The third kappa shape index (κ3) is 4.21. The number of hydrogen-bond donors (Lipinski definition) is 1. The standard InChI is InChI=1S/C33H35N3O4/c1-4-17-40-27-16-15-23(18-28(27)39-5-2)25-20-36-29(37)21-35(19-22-11-7-6-8-12-22)32(38)33(36,3)31-30(25)24-13-9-10-14-26(24)34-31/h6-16,18,25,34H,4-5,17,19-21H2,1-3H3/t25-,33-/m0/s1. The van der Waals surface area contributed by atoms with E-state index in [1.165, 1.54) is 0 Å². The highest BCUT2D eigenvalue weighted by molar-refractivity contribution is 6.01. The number of nitrogens with one attached hydrogen (secondary N) is 1. The number of H-pyrrole nitrogens is 1. The normalized spacial score (nSPS) is 20.4. The van der Waals surface area contributed by atoms with Gasteiger partial charge in [0.2, 0.25) is 5.91 Å². The molecule has 0 unspecified atom stereocenters. The molecule has 1 fully saturated rings. The molecule has 1 aromatic heterocycles. The summed E-state index contributed by atoms with van der Waals surface area (Å²) in [5.74, 6) is 1.14. The number of carbonyl (C=O) groups is 2. The number of aromatic amines is 1. The fraction of sp³-hybridized carbons (Fsp3) is 0.333. The SMILES string of the molecule is CCCOc1ccc([C@@H]2CN3C(=O)CN(Cc4ccccc4)C(=O)[C@]3(C)c3[nH]c4ccccc4c32)cc1OCC. The van der Waals surface area contributed by atoms with Gasteiger partial charge in [0, 0.05) is 29.9 Å². The van der Waals surface area contributed by atoms with Crippen LogP contribution in [0, 0.1) is 0 Å². The number of fused-ring (bicyclic) bond motifs is 5. The smallest absolute Gasteiger partial charge is 0.255 e. The summed E-state index contributed by atoms with van der Waals surface area (Å²) in [6.45, 7) is 7.90. The van der Waals surface area contributed by atoms with Crippen molar-refractivity contribution in [2.24, 2.45) is 0 Å². The van der Waals surface area contributed by atoms with Gasteiger partial charge in [-0.2, -0.15) is 0 Å². The van der Waals surface area contributed by atoms with Crippen LogP contribution in [0.4, 0.5) is 0 Å². The number of piperazine rings is 1. The molecular formula is C33H35N3O4. The highest BCUT2D eigenvalue weighted by Gasteiger charge is 2.56. The zero-order chi connectivity index (χ0) is 27.9. The van der Waals surface area contributed by atoms with Gasteiger partial charge >= 0.3 is 0 Å². The number of carbonyl (C=O) groups excluding carboxylic acids is 2. The summed E-state index contributed by atoms with van der Waals surface area (Å²) in [5, 5.41) is 1.06. The van der Waals surface area contributed by atoms with Crippen molar-refractivity contribution in [1.29, 1.82) is 0 Å². The zero-order valence-corrected chi connectivity index (χ0v) is 23.3. The van der Waals surface area contributed by atoms with Crippen LogP contribution in [0.15, 0.2) is 72.8 Å². The Hall–Kier alpha value is -4.26. The molecule has 2 atom stereocenters. The van der Waals surface area contributed by atoms with E-state index in [4.69, 9.17) is 9.47 Å². The summed E-state index contributed by atoms with van der Waals surface area (Å²) in [4.78, 5) is 35.1. The van der Waals surface area contributed by atoms with E-state index in [0.29, 0.717) is 37.8 Å². The number of para-hydroxylation sites is 1. The molecule has 40 heavy (non-hydrogen) atoms.